The molecule has 1 aromatic carbocycles. The average Bonchev–Trinajstić information content (AvgIpc) is 2.74. The van der Waals surface area contributed by atoms with Crippen molar-refractivity contribution in [2.75, 3.05) is 6.61 Å². The lowest BCUT2D eigenvalue weighted by molar-refractivity contribution is -0.126. The Balaban J connectivity index is 1.96. The molecule has 2 N–H and O–H groups in total. The van der Waals surface area contributed by atoms with Gasteiger partial charge in [-0.1, -0.05) is 56.0 Å². The molecule has 1 aliphatic rings. The van der Waals surface area contributed by atoms with E-state index in [1.807, 2.05) is 30.3 Å². The van der Waals surface area contributed by atoms with Gasteiger partial charge in [-0.3, -0.25) is 4.79 Å². The van der Waals surface area contributed by atoms with Gasteiger partial charge in [-0.2, -0.15) is 0 Å². The Kier molecular flexibility index (Phi) is 5.40. The van der Waals surface area contributed by atoms with E-state index in [1.54, 1.807) is 0 Å². The number of rotatable bonds is 4. The van der Waals surface area contributed by atoms with Gasteiger partial charge >= 0.3 is 0 Å². The summed E-state index contributed by atoms with van der Waals surface area (Å²) in [6.45, 7) is -0.0531. The van der Waals surface area contributed by atoms with Gasteiger partial charge in [0.15, 0.2) is 0 Å². The van der Waals surface area contributed by atoms with Gasteiger partial charge in [-0.25, -0.2) is 0 Å². The van der Waals surface area contributed by atoms with Crippen LogP contribution in [0.25, 0.3) is 0 Å². The quantitative estimate of drug-likeness (QED) is 0.819. The molecular weight excluding hydrogens is 238 g/mol. The van der Waals surface area contributed by atoms with Crippen molar-refractivity contribution in [1.29, 1.82) is 0 Å². The highest BCUT2D eigenvalue weighted by atomic mass is 16.3. The Bertz CT molecular complexity index is 383. The first-order valence-electron chi connectivity index (χ1n) is 7.27. The SMILES string of the molecule is O=C(NC(CO)c1ccccc1)C1CCCCCC1. The lowest BCUT2D eigenvalue weighted by atomic mass is 9.98. The minimum Gasteiger partial charge on any atom is -0.394 e. The smallest absolute Gasteiger partial charge is 0.223 e. The summed E-state index contributed by atoms with van der Waals surface area (Å²) in [7, 11) is 0. The standard InChI is InChI=1S/C16H23NO2/c18-12-15(13-8-6-3-7-9-13)17-16(19)14-10-4-1-2-5-11-14/h3,6-9,14-15,18H,1-2,4-5,10-12H2,(H,17,19). The number of benzene rings is 1. The summed E-state index contributed by atoms with van der Waals surface area (Å²) in [4.78, 5) is 12.3. The van der Waals surface area contributed by atoms with Crippen LogP contribution in [0.15, 0.2) is 30.3 Å². The fourth-order valence-electron chi connectivity index (χ4n) is 2.75. The van der Waals surface area contributed by atoms with Crippen LogP contribution in [0, 0.1) is 5.92 Å². The van der Waals surface area contributed by atoms with Crippen LogP contribution in [0.4, 0.5) is 0 Å². The van der Waals surface area contributed by atoms with Gasteiger partial charge < -0.3 is 10.4 Å². The van der Waals surface area contributed by atoms with Crippen LogP contribution in [-0.4, -0.2) is 17.6 Å². The lowest BCUT2D eigenvalue weighted by Gasteiger charge is -2.20. The topological polar surface area (TPSA) is 49.3 Å². The molecule has 1 aromatic rings. The zero-order valence-corrected chi connectivity index (χ0v) is 11.3. The van der Waals surface area contributed by atoms with Crippen molar-refractivity contribution in [3.63, 3.8) is 0 Å². The average molecular weight is 261 g/mol. The number of carbonyl (C=O) groups excluding carboxylic acids is 1. The highest BCUT2D eigenvalue weighted by Gasteiger charge is 2.22. The molecule has 104 valence electrons. The van der Waals surface area contributed by atoms with E-state index in [2.05, 4.69) is 5.32 Å². The molecule has 0 spiro atoms. The van der Waals surface area contributed by atoms with E-state index in [-0.39, 0.29) is 24.5 Å². The van der Waals surface area contributed by atoms with E-state index in [9.17, 15) is 9.90 Å². The van der Waals surface area contributed by atoms with Gasteiger partial charge in [0.25, 0.3) is 0 Å². The number of nitrogens with one attached hydrogen (secondary N) is 1. The highest BCUT2D eigenvalue weighted by Crippen LogP contribution is 2.24. The molecule has 1 atom stereocenters. The first-order chi connectivity index (χ1) is 9.31. The van der Waals surface area contributed by atoms with Gasteiger partial charge in [0, 0.05) is 5.92 Å². The highest BCUT2D eigenvalue weighted by molar-refractivity contribution is 5.79. The Hall–Kier alpha value is -1.35. The van der Waals surface area contributed by atoms with Gasteiger partial charge in [-0.15, -0.1) is 0 Å². The third kappa shape index (κ3) is 4.06. The van der Waals surface area contributed by atoms with Crippen LogP contribution in [0.5, 0.6) is 0 Å². The Morgan fingerprint density at radius 3 is 2.37 bits per heavy atom. The van der Waals surface area contributed by atoms with Crippen LogP contribution in [0.3, 0.4) is 0 Å². The fraction of sp³-hybridized carbons (Fsp3) is 0.562. The van der Waals surface area contributed by atoms with Crippen molar-refractivity contribution in [3.05, 3.63) is 35.9 Å². The molecule has 1 aliphatic carbocycles. The summed E-state index contributed by atoms with van der Waals surface area (Å²) in [5.74, 6) is 0.227. The molecule has 1 unspecified atom stereocenters. The molecule has 0 heterocycles. The van der Waals surface area contributed by atoms with Crippen molar-refractivity contribution in [2.24, 2.45) is 5.92 Å². The maximum absolute atomic E-state index is 12.3. The van der Waals surface area contributed by atoms with E-state index in [4.69, 9.17) is 0 Å². The molecule has 3 heteroatoms. The van der Waals surface area contributed by atoms with Crippen molar-refractivity contribution in [2.45, 2.75) is 44.6 Å². The van der Waals surface area contributed by atoms with Crippen molar-refractivity contribution in [3.8, 4) is 0 Å². The number of aliphatic hydroxyl groups excluding tert-OH is 1. The summed E-state index contributed by atoms with van der Waals surface area (Å²) >= 11 is 0. The zero-order valence-electron chi connectivity index (χ0n) is 11.3. The van der Waals surface area contributed by atoms with Gasteiger partial charge in [0.2, 0.25) is 5.91 Å². The molecule has 0 bridgehead atoms. The number of hydrogen-bond donors (Lipinski definition) is 2. The summed E-state index contributed by atoms with van der Waals surface area (Å²) in [5, 5.41) is 12.5. The third-order valence-corrected chi connectivity index (χ3v) is 3.93. The number of hydrogen-bond acceptors (Lipinski definition) is 2. The van der Waals surface area contributed by atoms with Crippen LogP contribution in [0.2, 0.25) is 0 Å². The van der Waals surface area contributed by atoms with Gasteiger partial charge in [0.1, 0.15) is 0 Å². The Morgan fingerprint density at radius 2 is 1.79 bits per heavy atom. The molecule has 0 saturated heterocycles. The van der Waals surface area contributed by atoms with Crippen molar-refractivity contribution in [1.82, 2.24) is 5.32 Å². The molecule has 19 heavy (non-hydrogen) atoms. The van der Waals surface area contributed by atoms with Crippen molar-refractivity contribution >= 4 is 5.91 Å². The monoisotopic (exact) mass is 261 g/mol. The molecule has 0 aliphatic heterocycles. The van der Waals surface area contributed by atoms with E-state index in [1.165, 1.54) is 12.8 Å². The number of amides is 1. The zero-order chi connectivity index (χ0) is 13.5. The summed E-state index contributed by atoms with van der Waals surface area (Å²) in [6.07, 6.45) is 6.75. The predicted molar refractivity (Wildman–Crippen MR) is 75.6 cm³/mol. The second-order valence-electron chi connectivity index (χ2n) is 5.34. The van der Waals surface area contributed by atoms with Crippen LogP contribution in [0.1, 0.15) is 50.1 Å². The second-order valence-corrected chi connectivity index (χ2v) is 5.34. The summed E-state index contributed by atoms with van der Waals surface area (Å²) < 4.78 is 0. The second kappa shape index (κ2) is 7.29. The summed E-state index contributed by atoms with van der Waals surface area (Å²) in [5.41, 5.74) is 0.965. The maximum Gasteiger partial charge on any atom is 0.223 e. The Morgan fingerprint density at radius 1 is 1.16 bits per heavy atom. The van der Waals surface area contributed by atoms with Gasteiger partial charge in [-0.05, 0) is 18.4 Å². The molecule has 1 fully saturated rings. The predicted octanol–water partition coefficient (Wildman–Crippen LogP) is 2.81. The molecular formula is C16H23NO2. The fourth-order valence-corrected chi connectivity index (χ4v) is 2.75. The van der Waals surface area contributed by atoms with Crippen LogP contribution >= 0.6 is 0 Å². The number of aliphatic hydroxyl groups is 1. The first-order valence-corrected chi connectivity index (χ1v) is 7.27. The molecule has 1 saturated carbocycles. The minimum atomic E-state index is -0.281. The van der Waals surface area contributed by atoms with E-state index in [0.29, 0.717) is 0 Å². The number of carbonyl (C=O) groups is 1. The lowest BCUT2D eigenvalue weighted by Crippen LogP contribution is -2.35. The molecule has 2 rings (SSSR count). The van der Waals surface area contributed by atoms with Crippen LogP contribution in [-0.2, 0) is 4.79 Å². The van der Waals surface area contributed by atoms with E-state index >= 15 is 0 Å². The largest absolute Gasteiger partial charge is 0.394 e. The van der Waals surface area contributed by atoms with E-state index in [0.717, 1.165) is 31.2 Å². The van der Waals surface area contributed by atoms with E-state index < -0.39 is 0 Å². The molecule has 0 radical (unpaired) electrons. The summed E-state index contributed by atoms with van der Waals surface area (Å²) in [6, 6.07) is 9.39. The Labute approximate surface area is 115 Å². The molecule has 0 aromatic heterocycles. The van der Waals surface area contributed by atoms with Crippen molar-refractivity contribution < 1.29 is 9.90 Å². The molecule has 3 nitrogen and oxygen atoms in total. The molecule has 1 amide bonds. The maximum atomic E-state index is 12.3. The third-order valence-electron chi connectivity index (χ3n) is 3.93. The normalized spacial score (nSPS) is 18.6. The van der Waals surface area contributed by atoms with Crippen LogP contribution < -0.4 is 5.32 Å². The first kappa shape index (κ1) is 14.1. The minimum absolute atomic E-state index is 0.0531. The van der Waals surface area contributed by atoms with Gasteiger partial charge in [0.05, 0.1) is 12.6 Å².